The number of aromatic nitrogens is 5. The minimum atomic E-state index is -0.406. The molecule has 3 aliphatic rings. The molecule has 0 spiro atoms. The zero-order valence-corrected chi connectivity index (χ0v) is 19.1. The van der Waals surface area contributed by atoms with Crippen LogP contribution in [0, 0.1) is 11.3 Å². The lowest BCUT2D eigenvalue weighted by atomic mass is 9.77. The molecule has 7 rings (SSSR count). The van der Waals surface area contributed by atoms with Gasteiger partial charge in [0.2, 0.25) is 5.78 Å². The lowest BCUT2D eigenvalue weighted by Gasteiger charge is -2.36. The summed E-state index contributed by atoms with van der Waals surface area (Å²) in [5.41, 5.74) is 11.4. The van der Waals surface area contributed by atoms with Gasteiger partial charge in [-0.3, -0.25) is 9.20 Å². The molecule has 2 aliphatic carbocycles. The number of nitriles is 1. The molecule has 4 aromatic rings. The lowest BCUT2D eigenvalue weighted by molar-refractivity contribution is 0.0735. The number of imidazole rings is 1. The fourth-order valence-electron chi connectivity index (χ4n) is 5.82. The number of hydrogen-bond donors (Lipinski definition) is 1. The van der Waals surface area contributed by atoms with E-state index in [0.717, 1.165) is 47.3 Å². The third kappa shape index (κ3) is 2.68. The molecule has 0 radical (unpaired) electrons. The number of nitrogens with two attached hydrogens (primary N) is 1. The zero-order valence-electron chi connectivity index (χ0n) is 19.1. The second-order valence-corrected chi connectivity index (χ2v) is 9.80. The second-order valence-electron chi connectivity index (χ2n) is 9.80. The SMILES string of the molecule is CN1C(=O)c2cccc(C#N)c2C2CC1c1nc3ncc(-c4cnc(C5(N)CCC5)nc4)cn3c12. The molecule has 0 saturated heterocycles. The van der Waals surface area contributed by atoms with Gasteiger partial charge in [-0.05, 0) is 43.4 Å². The molecular weight excluding hydrogens is 440 g/mol. The highest BCUT2D eigenvalue weighted by Crippen LogP contribution is 2.50. The smallest absolute Gasteiger partial charge is 0.254 e. The van der Waals surface area contributed by atoms with Crippen LogP contribution in [0.15, 0.2) is 43.0 Å². The average Bonchev–Trinajstić information content (AvgIpc) is 3.39. The van der Waals surface area contributed by atoms with Gasteiger partial charge in [-0.1, -0.05) is 6.07 Å². The topological polar surface area (TPSA) is 126 Å². The molecule has 2 unspecified atom stereocenters. The molecule has 2 atom stereocenters. The molecular formula is C26H22N8O. The number of fused-ring (bicyclic) bond motifs is 9. The highest BCUT2D eigenvalue weighted by molar-refractivity contribution is 5.97. The number of benzene rings is 1. The van der Waals surface area contributed by atoms with Crippen LogP contribution in [-0.2, 0) is 5.54 Å². The first kappa shape index (κ1) is 20.2. The molecule has 1 aliphatic heterocycles. The standard InChI is InChI=1S/C26H22N8O/c1-33-19-8-18(20-14(9-27)4-2-5-17(20)23(33)35)22-21(19)32-25-31-12-16(13-34(22)25)15-10-29-24(30-11-15)26(28)6-3-7-26/h2,4-5,10-13,18-19H,3,6-8,28H2,1H3. The molecule has 9 heteroatoms. The van der Waals surface area contributed by atoms with Gasteiger partial charge in [-0.25, -0.2) is 19.9 Å². The Kier molecular flexibility index (Phi) is 4.01. The van der Waals surface area contributed by atoms with Crippen LogP contribution >= 0.6 is 0 Å². The van der Waals surface area contributed by atoms with Crippen molar-refractivity contribution >= 4 is 11.7 Å². The Balaban J connectivity index is 1.38. The Labute approximate surface area is 201 Å². The van der Waals surface area contributed by atoms with Crippen molar-refractivity contribution < 1.29 is 4.79 Å². The molecule has 2 bridgehead atoms. The fraction of sp³-hybridized carbons (Fsp3) is 0.308. The second kappa shape index (κ2) is 6.93. The van der Waals surface area contributed by atoms with Gasteiger partial charge in [0, 0.05) is 54.4 Å². The van der Waals surface area contributed by atoms with E-state index in [9.17, 15) is 10.1 Å². The van der Waals surface area contributed by atoms with E-state index in [1.54, 1.807) is 42.7 Å². The molecule has 172 valence electrons. The summed E-state index contributed by atoms with van der Waals surface area (Å²) >= 11 is 0. The van der Waals surface area contributed by atoms with Crippen molar-refractivity contribution in [3.05, 3.63) is 76.9 Å². The summed E-state index contributed by atoms with van der Waals surface area (Å²) < 4.78 is 2.00. The van der Waals surface area contributed by atoms with E-state index in [-0.39, 0.29) is 17.9 Å². The molecule has 1 aromatic carbocycles. The number of amides is 1. The van der Waals surface area contributed by atoms with Crippen LogP contribution < -0.4 is 5.73 Å². The quantitative estimate of drug-likeness (QED) is 0.485. The van der Waals surface area contributed by atoms with Crippen LogP contribution in [0.1, 0.15) is 76.3 Å². The lowest BCUT2D eigenvalue weighted by Crippen LogP contribution is -2.44. The van der Waals surface area contributed by atoms with E-state index in [1.807, 2.05) is 16.7 Å². The van der Waals surface area contributed by atoms with Crippen molar-refractivity contribution in [2.24, 2.45) is 5.73 Å². The summed E-state index contributed by atoms with van der Waals surface area (Å²) in [5, 5.41) is 9.84. The summed E-state index contributed by atoms with van der Waals surface area (Å²) in [7, 11) is 1.81. The first-order chi connectivity index (χ1) is 17.0. The van der Waals surface area contributed by atoms with Crippen molar-refractivity contribution in [1.29, 1.82) is 5.26 Å². The number of hydrogen-bond acceptors (Lipinski definition) is 7. The molecule has 3 aromatic heterocycles. The average molecular weight is 463 g/mol. The summed E-state index contributed by atoms with van der Waals surface area (Å²) in [5.74, 6) is 1.04. The molecule has 2 N–H and O–H groups in total. The molecule has 1 amide bonds. The Morgan fingerprint density at radius 1 is 1.14 bits per heavy atom. The first-order valence-electron chi connectivity index (χ1n) is 11.8. The molecule has 1 fully saturated rings. The van der Waals surface area contributed by atoms with Crippen LogP contribution in [0.4, 0.5) is 0 Å². The Bertz CT molecular complexity index is 1580. The van der Waals surface area contributed by atoms with Gasteiger partial charge in [0.1, 0.15) is 5.82 Å². The summed E-state index contributed by atoms with van der Waals surface area (Å²) in [6.07, 6.45) is 11.0. The third-order valence-electron chi connectivity index (χ3n) is 7.92. The van der Waals surface area contributed by atoms with E-state index in [0.29, 0.717) is 29.1 Å². The number of carbonyl (C=O) groups excluding carboxylic acids is 1. The summed E-state index contributed by atoms with van der Waals surface area (Å²) in [6, 6.07) is 7.49. The number of nitrogens with zero attached hydrogens (tertiary/aromatic N) is 7. The summed E-state index contributed by atoms with van der Waals surface area (Å²) in [6.45, 7) is 0. The van der Waals surface area contributed by atoms with E-state index < -0.39 is 5.54 Å². The molecule has 4 heterocycles. The van der Waals surface area contributed by atoms with Crippen LogP contribution in [0.25, 0.3) is 16.9 Å². The van der Waals surface area contributed by atoms with Crippen molar-refractivity contribution in [3.8, 4) is 17.2 Å². The number of carbonyl (C=O) groups is 1. The van der Waals surface area contributed by atoms with E-state index in [4.69, 9.17) is 10.7 Å². The van der Waals surface area contributed by atoms with Gasteiger partial charge in [0.15, 0.2) is 0 Å². The normalized spacial score (nSPS) is 21.7. The maximum absolute atomic E-state index is 13.2. The highest BCUT2D eigenvalue weighted by Gasteiger charge is 2.45. The van der Waals surface area contributed by atoms with Gasteiger partial charge in [0.25, 0.3) is 5.91 Å². The van der Waals surface area contributed by atoms with Gasteiger partial charge < -0.3 is 10.6 Å². The molecule has 9 nitrogen and oxygen atoms in total. The van der Waals surface area contributed by atoms with Crippen LogP contribution in [0.2, 0.25) is 0 Å². The monoisotopic (exact) mass is 462 g/mol. The van der Waals surface area contributed by atoms with Crippen molar-refractivity contribution in [3.63, 3.8) is 0 Å². The Hall–Kier alpha value is -4.16. The molecule has 1 saturated carbocycles. The molecule has 35 heavy (non-hydrogen) atoms. The minimum absolute atomic E-state index is 0.0812. The highest BCUT2D eigenvalue weighted by atomic mass is 16.2. The summed E-state index contributed by atoms with van der Waals surface area (Å²) in [4.78, 5) is 33.5. The maximum Gasteiger partial charge on any atom is 0.254 e. The van der Waals surface area contributed by atoms with Gasteiger partial charge in [0.05, 0.1) is 34.6 Å². The fourth-order valence-corrected chi connectivity index (χ4v) is 5.82. The van der Waals surface area contributed by atoms with Crippen LogP contribution in [0.5, 0.6) is 0 Å². The van der Waals surface area contributed by atoms with Crippen LogP contribution in [-0.4, -0.2) is 42.2 Å². The maximum atomic E-state index is 13.2. The Morgan fingerprint density at radius 3 is 2.63 bits per heavy atom. The van der Waals surface area contributed by atoms with E-state index in [2.05, 4.69) is 21.0 Å². The third-order valence-corrected chi connectivity index (χ3v) is 7.92. The van der Waals surface area contributed by atoms with E-state index in [1.165, 1.54) is 0 Å². The van der Waals surface area contributed by atoms with Crippen LogP contribution in [0.3, 0.4) is 0 Å². The van der Waals surface area contributed by atoms with E-state index >= 15 is 0 Å². The van der Waals surface area contributed by atoms with Gasteiger partial charge in [-0.2, -0.15) is 5.26 Å². The van der Waals surface area contributed by atoms with Crippen molar-refractivity contribution in [2.75, 3.05) is 7.05 Å². The zero-order chi connectivity index (χ0) is 23.9. The Morgan fingerprint density at radius 2 is 1.91 bits per heavy atom. The van der Waals surface area contributed by atoms with Crippen molar-refractivity contribution in [1.82, 2.24) is 29.2 Å². The predicted octanol–water partition coefficient (Wildman–Crippen LogP) is 3.06. The first-order valence-corrected chi connectivity index (χ1v) is 11.8. The van der Waals surface area contributed by atoms with Gasteiger partial charge >= 0.3 is 0 Å². The predicted molar refractivity (Wildman–Crippen MR) is 126 cm³/mol. The number of rotatable bonds is 2. The minimum Gasteiger partial charge on any atom is -0.333 e. The van der Waals surface area contributed by atoms with Crippen molar-refractivity contribution in [2.45, 2.75) is 43.2 Å². The largest absolute Gasteiger partial charge is 0.333 e. The van der Waals surface area contributed by atoms with Gasteiger partial charge in [-0.15, -0.1) is 0 Å².